The zero-order valence-electron chi connectivity index (χ0n) is 18.1. The molecule has 32 heavy (non-hydrogen) atoms. The highest BCUT2D eigenvalue weighted by Gasteiger charge is 2.21. The molecule has 0 amide bonds. The summed E-state index contributed by atoms with van der Waals surface area (Å²) in [6.07, 6.45) is 8.02. The molecule has 0 unspecified atom stereocenters. The van der Waals surface area contributed by atoms with E-state index in [1.165, 1.54) is 38.2 Å². The van der Waals surface area contributed by atoms with Crippen LogP contribution in [0, 0.1) is 5.82 Å². The van der Waals surface area contributed by atoms with Crippen LogP contribution in [0.15, 0.2) is 60.8 Å². The highest BCUT2D eigenvalue weighted by molar-refractivity contribution is 5.78. The fraction of sp³-hybridized carbons (Fsp3) is 0.320. The van der Waals surface area contributed by atoms with Gasteiger partial charge >= 0.3 is 0 Å². The van der Waals surface area contributed by atoms with Gasteiger partial charge in [0.1, 0.15) is 17.2 Å². The Labute approximate surface area is 186 Å². The van der Waals surface area contributed by atoms with Crippen LogP contribution in [0.1, 0.15) is 50.9 Å². The van der Waals surface area contributed by atoms with Crippen LogP contribution in [0.3, 0.4) is 0 Å². The first-order valence-corrected chi connectivity index (χ1v) is 11.3. The molecule has 1 atom stereocenters. The fourth-order valence-corrected chi connectivity index (χ4v) is 4.38. The first-order valence-electron chi connectivity index (χ1n) is 11.3. The van der Waals surface area contributed by atoms with E-state index in [4.69, 9.17) is 4.98 Å². The van der Waals surface area contributed by atoms with Gasteiger partial charge < -0.3 is 10.6 Å². The Morgan fingerprint density at radius 2 is 1.72 bits per heavy atom. The number of hydrogen-bond donors (Lipinski definition) is 2. The lowest BCUT2D eigenvalue weighted by Crippen LogP contribution is -2.33. The van der Waals surface area contributed by atoms with E-state index in [-0.39, 0.29) is 11.9 Å². The van der Waals surface area contributed by atoms with E-state index in [9.17, 15) is 4.39 Å². The van der Waals surface area contributed by atoms with E-state index in [0.29, 0.717) is 28.8 Å². The molecule has 0 saturated heterocycles. The Morgan fingerprint density at radius 1 is 0.969 bits per heavy atom. The average Bonchev–Trinajstić information content (AvgIpc) is 3.19. The Balaban J connectivity index is 1.54. The number of rotatable bonds is 6. The van der Waals surface area contributed by atoms with Crippen LogP contribution in [0.5, 0.6) is 0 Å². The van der Waals surface area contributed by atoms with E-state index < -0.39 is 0 Å². The summed E-state index contributed by atoms with van der Waals surface area (Å²) in [5, 5.41) is 6.83. The van der Waals surface area contributed by atoms with Gasteiger partial charge in [-0.2, -0.15) is 0 Å². The number of fused-ring (bicyclic) bond motifs is 1. The number of aromatic nitrogens is 4. The molecule has 2 aromatic carbocycles. The van der Waals surface area contributed by atoms with E-state index in [1.807, 2.05) is 34.9 Å². The summed E-state index contributed by atoms with van der Waals surface area (Å²) in [5.74, 6) is 0.893. The molecule has 2 aromatic heterocycles. The molecule has 1 saturated carbocycles. The molecule has 0 aliphatic heterocycles. The normalized spacial score (nSPS) is 15.7. The summed E-state index contributed by atoms with van der Waals surface area (Å²) in [4.78, 5) is 14.2. The first kappa shape index (κ1) is 20.6. The van der Waals surface area contributed by atoms with Crippen molar-refractivity contribution >= 4 is 22.8 Å². The summed E-state index contributed by atoms with van der Waals surface area (Å²) >= 11 is 0. The molecule has 1 aliphatic carbocycles. The maximum atomic E-state index is 14.3. The summed E-state index contributed by atoms with van der Waals surface area (Å²) in [5.41, 5.74) is 2.60. The molecule has 0 bridgehead atoms. The van der Waals surface area contributed by atoms with Gasteiger partial charge in [-0.05, 0) is 44.0 Å². The third kappa shape index (κ3) is 4.21. The summed E-state index contributed by atoms with van der Waals surface area (Å²) < 4.78 is 16.2. The molecule has 0 spiro atoms. The van der Waals surface area contributed by atoms with Crippen molar-refractivity contribution in [3.05, 3.63) is 72.4 Å². The maximum absolute atomic E-state index is 14.3. The second-order valence-electron chi connectivity index (χ2n) is 8.37. The molecule has 6 nitrogen and oxygen atoms in total. The lowest BCUT2D eigenvalue weighted by molar-refractivity contribution is 0.342. The van der Waals surface area contributed by atoms with Gasteiger partial charge in [-0.15, -0.1) is 0 Å². The Kier molecular flexibility index (Phi) is 5.81. The van der Waals surface area contributed by atoms with E-state index in [1.54, 1.807) is 24.4 Å². The number of benzene rings is 2. The lowest BCUT2D eigenvalue weighted by atomic mass is 9.95. The average molecular weight is 431 g/mol. The van der Waals surface area contributed by atoms with E-state index >= 15 is 0 Å². The van der Waals surface area contributed by atoms with Gasteiger partial charge in [-0.25, -0.2) is 19.3 Å². The van der Waals surface area contributed by atoms with Crippen LogP contribution in [0.2, 0.25) is 0 Å². The number of nitrogens with zero attached hydrogens (tertiary/aromatic N) is 4. The monoisotopic (exact) mass is 430 g/mol. The minimum atomic E-state index is -0.337. The fourth-order valence-electron chi connectivity index (χ4n) is 4.38. The predicted molar refractivity (Wildman–Crippen MR) is 125 cm³/mol. The zero-order valence-corrected chi connectivity index (χ0v) is 18.1. The lowest BCUT2D eigenvalue weighted by Gasteiger charge is -2.26. The first-order chi connectivity index (χ1) is 15.7. The summed E-state index contributed by atoms with van der Waals surface area (Å²) in [7, 11) is 0. The van der Waals surface area contributed by atoms with Crippen LogP contribution in [-0.4, -0.2) is 25.6 Å². The topological polar surface area (TPSA) is 67.7 Å². The van der Waals surface area contributed by atoms with Gasteiger partial charge in [0, 0.05) is 6.04 Å². The van der Waals surface area contributed by atoms with Crippen LogP contribution in [0.25, 0.3) is 16.9 Å². The smallest absolute Gasteiger partial charge is 0.214 e. The summed E-state index contributed by atoms with van der Waals surface area (Å²) in [6.45, 7) is 2.11. The predicted octanol–water partition coefficient (Wildman–Crippen LogP) is 5.68. The third-order valence-corrected chi connectivity index (χ3v) is 6.03. The number of hydrogen-bond acceptors (Lipinski definition) is 5. The van der Waals surface area contributed by atoms with Gasteiger partial charge in [-0.3, -0.25) is 4.57 Å². The second kappa shape index (κ2) is 9.04. The molecule has 7 heteroatoms. The van der Waals surface area contributed by atoms with Gasteiger partial charge in [0.15, 0.2) is 5.65 Å². The number of para-hydroxylation sites is 2. The van der Waals surface area contributed by atoms with Crippen molar-refractivity contribution in [3.63, 3.8) is 0 Å². The molecule has 5 rings (SSSR count). The zero-order chi connectivity index (χ0) is 21.9. The number of halogens is 1. The van der Waals surface area contributed by atoms with Crippen molar-refractivity contribution in [2.45, 2.75) is 51.1 Å². The van der Waals surface area contributed by atoms with Crippen LogP contribution < -0.4 is 10.6 Å². The van der Waals surface area contributed by atoms with Gasteiger partial charge in [0.2, 0.25) is 5.95 Å². The minimum Gasteiger partial charge on any atom is -0.323 e. The van der Waals surface area contributed by atoms with Crippen LogP contribution in [0.4, 0.5) is 16.0 Å². The van der Waals surface area contributed by atoms with Crippen molar-refractivity contribution < 1.29 is 4.39 Å². The molecule has 1 fully saturated rings. The van der Waals surface area contributed by atoms with E-state index in [2.05, 4.69) is 27.5 Å². The molecular formula is C25H27FN6. The summed E-state index contributed by atoms with van der Waals surface area (Å²) in [6, 6.07) is 17.0. The standard InChI is InChI=1S/C25H27FN6/c1-17(28-18-10-4-2-5-11-18)23-27-16-22-24(31-23)32(19-12-6-3-7-13-19)25(30-22)29-21-15-9-8-14-20(21)26/h3,6-9,12-18,28H,2,4-5,10-11H2,1H3,(H,29,30)/t17-/m1/s1. The third-order valence-electron chi connectivity index (χ3n) is 6.03. The minimum absolute atomic E-state index is 0.0320. The number of anilines is 2. The Morgan fingerprint density at radius 3 is 2.50 bits per heavy atom. The largest absolute Gasteiger partial charge is 0.323 e. The highest BCUT2D eigenvalue weighted by Crippen LogP contribution is 2.28. The van der Waals surface area contributed by atoms with Gasteiger partial charge in [0.05, 0.1) is 23.6 Å². The molecule has 0 radical (unpaired) electrons. The van der Waals surface area contributed by atoms with Crippen molar-refractivity contribution in [2.75, 3.05) is 5.32 Å². The maximum Gasteiger partial charge on any atom is 0.214 e. The van der Waals surface area contributed by atoms with E-state index in [0.717, 1.165) is 11.5 Å². The quantitative estimate of drug-likeness (QED) is 0.412. The second-order valence-corrected chi connectivity index (χ2v) is 8.37. The van der Waals surface area contributed by atoms with Crippen molar-refractivity contribution in [2.24, 2.45) is 0 Å². The number of nitrogens with one attached hydrogen (secondary N) is 2. The molecular weight excluding hydrogens is 403 g/mol. The van der Waals surface area contributed by atoms with Crippen LogP contribution >= 0.6 is 0 Å². The molecule has 2 heterocycles. The van der Waals surface area contributed by atoms with Gasteiger partial charge in [0.25, 0.3) is 0 Å². The SMILES string of the molecule is C[C@@H](NC1CCCCC1)c1ncc2nc(Nc3ccccc3F)n(-c3ccccc3)c2n1. The molecule has 2 N–H and O–H groups in total. The van der Waals surface area contributed by atoms with Crippen LogP contribution in [-0.2, 0) is 0 Å². The Hall–Kier alpha value is -3.32. The van der Waals surface area contributed by atoms with Crippen molar-refractivity contribution in [3.8, 4) is 5.69 Å². The van der Waals surface area contributed by atoms with Gasteiger partial charge in [-0.1, -0.05) is 49.6 Å². The highest BCUT2D eigenvalue weighted by atomic mass is 19.1. The molecule has 4 aromatic rings. The van der Waals surface area contributed by atoms with Crippen molar-refractivity contribution in [1.29, 1.82) is 0 Å². The number of imidazole rings is 1. The molecule has 1 aliphatic rings. The molecule has 164 valence electrons. The van der Waals surface area contributed by atoms with Crippen molar-refractivity contribution in [1.82, 2.24) is 24.8 Å². The Bertz CT molecular complexity index is 1200.